The number of anilines is 1. The highest BCUT2D eigenvalue weighted by molar-refractivity contribution is 9.10. The Labute approximate surface area is 157 Å². The predicted octanol–water partition coefficient (Wildman–Crippen LogP) is 0.627. The third-order valence-electron chi connectivity index (χ3n) is 4.54. The van der Waals surface area contributed by atoms with Crippen LogP contribution in [0, 0.1) is 0 Å². The van der Waals surface area contributed by atoms with Crippen molar-refractivity contribution in [3.63, 3.8) is 0 Å². The van der Waals surface area contributed by atoms with Crippen LogP contribution in [0.2, 0.25) is 0 Å². The van der Waals surface area contributed by atoms with E-state index in [1.54, 1.807) is 0 Å². The highest BCUT2D eigenvalue weighted by atomic mass is 79.9. The number of halogens is 1. The molecule has 1 aliphatic rings. The highest BCUT2D eigenvalue weighted by Gasteiger charge is 2.27. The molecule has 1 aromatic carbocycles. The van der Waals surface area contributed by atoms with Crippen LogP contribution in [0.25, 0.3) is 0 Å². The molecule has 0 saturated carbocycles. The Bertz CT molecular complexity index is 684. The fraction of sp³-hybridized carbons (Fsp3) is 0.368. The second-order valence-electron chi connectivity index (χ2n) is 6.55. The molecule has 1 atom stereocenters. The first-order valence-electron chi connectivity index (χ1n) is 8.67. The maximum absolute atomic E-state index is 12.6. The van der Waals surface area contributed by atoms with Crippen LogP contribution in [0.15, 0.2) is 53.1 Å². The number of hydrogen-bond acceptors (Lipinski definition) is 2. The maximum atomic E-state index is 12.6. The number of benzene rings is 1. The Balaban J connectivity index is 1.46. The smallest absolute Gasteiger partial charge is 0.278 e. The molecule has 1 aromatic heterocycles. The second-order valence-corrected chi connectivity index (χ2v) is 7.47. The molecule has 25 heavy (non-hydrogen) atoms. The van der Waals surface area contributed by atoms with Gasteiger partial charge in [0.25, 0.3) is 11.7 Å². The highest BCUT2D eigenvalue weighted by Crippen LogP contribution is 2.10. The lowest BCUT2D eigenvalue weighted by Gasteiger charge is -2.31. The zero-order valence-corrected chi connectivity index (χ0v) is 16.1. The van der Waals surface area contributed by atoms with Gasteiger partial charge in [0.15, 0.2) is 6.54 Å². The van der Waals surface area contributed by atoms with Gasteiger partial charge in [-0.1, -0.05) is 34.1 Å². The Morgan fingerprint density at radius 2 is 1.84 bits per heavy atom. The molecule has 1 fully saturated rings. The third-order valence-corrected chi connectivity index (χ3v) is 5.07. The summed E-state index contributed by atoms with van der Waals surface area (Å²) in [5.41, 5.74) is 1.25. The van der Waals surface area contributed by atoms with Gasteiger partial charge in [-0.2, -0.15) is 0 Å². The van der Waals surface area contributed by atoms with Crippen molar-refractivity contribution in [2.24, 2.45) is 0 Å². The van der Waals surface area contributed by atoms with Gasteiger partial charge in [-0.3, -0.25) is 9.69 Å². The van der Waals surface area contributed by atoms with Crippen molar-refractivity contribution in [2.75, 3.05) is 44.7 Å². The van der Waals surface area contributed by atoms with E-state index in [1.165, 1.54) is 10.5 Å². The minimum atomic E-state index is 0.242. The van der Waals surface area contributed by atoms with Gasteiger partial charge >= 0.3 is 0 Å². The first kappa shape index (κ1) is 17.9. The number of carbonyl (C=O) groups is 1. The molecule has 0 bridgehead atoms. The van der Waals surface area contributed by atoms with Crippen molar-refractivity contribution >= 4 is 27.7 Å². The average molecular weight is 405 g/mol. The minimum absolute atomic E-state index is 0.242. The Kier molecular flexibility index (Phi) is 6.04. The van der Waals surface area contributed by atoms with Crippen molar-refractivity contribution in [1.29, 1.82) is 0 Å². The molecular weight excluding hydrogens is 380 g/mol. The van der Waals surface area contributed by atoms with E-state index in [4.69, 9.17) is 0 Å². The van der Waals surface area contributed by atoms with E-state index in [-0.39, 0.29) is 5.91 Å². The summed E-state index contributed by atoms with van der Waals surface area (Å²) in [5, 5.41) is 0. The van der Waals surface area contributed by atoms with Gasteiger partial charge in [0.1, 0.15) is 19.6 Å². The van der Waals surface area contributed by atoms with Crippen LogP contribution >= 0.6 is 15.9 Å². The molecule has 6 heteroatoms. The number of aromatic nitrogens is 1. The average Bonchev–Trinajstić information content (AvgIpc) is 2.64. The van der Waals surface area contributed by atoms with Gasteiger partial charge in [-0.05, 0) is 18.2 Å². The second kappa shape index (κ2) is 8.45. The number of piperazine rings is 1. The van der Waals surface area contributed by atoms with Gasteiger partial charge in [0.05, 0.1) is 26.3 Å². The molecule has 0 spiro atoms. The van der Waals surface area contributed by atoms with Gasteiger partial charge in [-0.15, -0.1) is 0 Å². The van der Waals surface area contributed by atoms with Crippen LogP contribution in [-0.4, -0.2) is 50.6 Å². The molecule has 1 saturated heterocycles. The van der Waals surface area contributed by atoms with Crippen molar-refractivity contribution < 1.29 is 14.7 Å². The lowest BCUT2D eigenvalue weighted by molar-refractivity contribution is -0.885. The normalized spacial score (nSPS) is 15.9. The first-order chi connectivity index (χ1) is 12.1. The molecule has 1 amide bonds. The summed E-state index contributed by atoms with van der Waals surface area (Å²) >= 11 is 3.45. The summed E-state index contributed by atoms with van der Waals surface area (Å²) in [5.74, 6) is 1.36. The molecule has 2 aromatic rings. The van der Waals surface area contributed by atoms with Crippen molar-refractivity contribution in [1.82, 2.24) is 4.90 Å². The van der Waals surface area contributed by atoms with E-state index in [0.717, 1.165) is 43.0 Å². The number of likely N-dealkylation sites (N-methyl/N-ethyl adjacent to an activating group) is 1. The SMILES string of the molecule is C[NH+](CC(=O)N1CCN(c2cccc[nH+]2)CC1)Cc1ccc(Br)cc1. The molecule has 0 aliphatic carbocycles. The number of aromatic amines is 1. The van der Waals surface area contributed by atoms with Crippen molar-refractivity contribution in [2.45, 2.75) is 6.54 Å². The number of H-pyrrole nitrogens is 1. The van der Waals surface area contributed by atoms with Crippen LogP contribution in [0.5, 0.6) is 0 Å². The summed E-state index contributed by atoms with van der Waals surface area (Å²) in [6, 6.07) is 14.4. The van der Waals surface area contributed by atoms with Crippen LogP contribution < -0.4 is 14.8 Å². The topological polar surface area (TPSA) is 42.1 Å². The molecule has 1 aliphatic heterocycles. The quantitative estimate of drug-likeness (QED) is 0.793. The van der Waals surface area contributed by atoms with Gasteiger partial charge in [-0.25, -0.2) is 4.98 Å². The molecule has 3 rings (SSSR count). The van der Waals surface area contributed by atoms with Crippen LogP contribution in [-0.2, 0) is 11.3 Å². The number of carbonyl (C=O) groups excluding carboxylic acids is 1. The molecular formula is C19H25BrN4O+2. The molecule has 0 radical (unpaired) electrons. The number of rotatable bonds is 5. The summed E-state index contributed by atoms with van der Waals surface area (Å²) in [6.45, 7) is 4.71. The number of pyridine rings is 1. The van der Waals surface area contributed by atoms with E-state index in [9.17, 15) is 4.79 Å². The zero-order valence-electron chi connectivity index (χ0n) is 14.5. The van der Waals surface area contributed by atoms with Gasteiger partial charge in [0.2, 0.25) is 0 Å². The van der Waals surface area contributed by atoms with Gasteiger partial charge < -0.3 is 9.80 Å². The van der Waals surface area contributed by atoms with Crippen molar-refractivity contribution in [3.05, 3.63) is 58.7 Å². The Hall–Kier alpha value is -1.92. The molecule has 2 N–H and O–H groups in total. The Morgan fingerprint density at radius 1 is 1.12 bits per heavy atom. The zero-order chi connectivity index (χ0) is 17.6. The lowest BCUT2D eigenvalue weighted by atomic mass is 10.2. The third kappa shape index (κ3) is 5.03. The minimum Gasteiger partial charge on any atom is -0.330 e. The fourth-order valence-electron chi connectivity index (χ4n) is 3.16. The number of hydrogen-bond donors (Lipinski definition) is 1. The monoisotopic (exact) mass is 404 g/mol. The number of quaternary nitrogens is 1. The molecule has 1 unspecified atom stereocenters. The molecule has 2 heterocycles. The van der Waals surface area contributed by atoms with E-state index in [2.05, 4.69) is 51.1 Å². The van der Waals surface area contributed by atoms with Crippen LogP contribution in [0.1, 0.15) is 5.56 Å². The summed E-state index contributed by atoms with van der Waals surface area (Å²) < 4.78 is 1.08. The summed E-state index contributed by atoms with van der Waals surface area (Å²) in [4.78, 5) is 21.3. The van der Waals surface area contributed by atoms with E-state index < -0.39 is 0 Å². The summed E-state index contributed by atoms with van der Waals surface area (Å²) in [7, 11) is 2.08. The van der Waals surface area contributed by atoms with Gasteiger partial charge in [0, 0.05) is 16.1 Å². The number of nitrogens with zero attached hydrogens (tertiary/aromatic N) is 2. The molecule has 5 nitrogen and oxygen atoms in total. The Morgan fingerprint density at radius 3 is 2.48 bits per heavy atom. The predicted molar refractivity (Wildman–Crippen MR) is 101 cm³/mol. The van der Waals surface area contributed by atoms with E-state index >= 15 is 0 Å². The van der Waals surface area contributed by atoms with E-state index in [0.29, 0.717) is 6.54 Å². The fourth-order valence-corrected chi connectivity index (χ4v) is 3.42. The first-order valence-corrected chi connectivity index (χ1v) is 9.46. The standard InChI is InChI=1S/C19H23BrN4O/c1-22(14-16-5-7-17(20)8-6-16)15-19(25)24-12-10-23(11-13-24)18-4-2-3-9-21-18/h2-9H,10-15H2,1H3/p+2. The largest absolute Gasteiger partial charge is 0.330 e. The van der Waals surface area contributed by atoms with Crippen molar-refractivity contribution in [3.8, 4) is 0 Å². The van der Waals surface area contributed by atoms with Crippen LogP contribution in [0.4, 0.5) is 5.82 Å². The number of amides is 1. The number of nitrogens with one attached hydrogen (secondary N) is 2. The molecule has 132 valence electrons. The van der Waals surface area contributed by atoms with Crippen LogP contribution in [0.3, 0.4) is 0 Å². The summed E-state index contributed by atoms with van der Waals surface area (Å²) in [6.07, 6.45) is 1.94. The van der Waals surface area contributed by atoms with E-state index in [1.807, 2.05) is 35.4 Å². The maximum Gasteiger partial charge on any atom is 0.278 e. The lowest BCUT2D eigenvalue weighted by Crippen LogP contribution is -3.09.